The van der Waals surface area contributed by atoms with Crippen LogP contribution in [0.2, 0.25) is 0 Å². The van der Waals surface area contributed by atoms with Gasteiger partial charge >= 0.3 is 7.12 Å². The molecule has 0 bridgehead atoms. The maximum atomic E-state index is 5.75. The van der Waals surface area contributed by atoms with E-state index < -0.39 is 7.12 Å². The van der Waals surface area contributed by atoms with Crippen LogP contribution < -0.4 is 5.66 Å². The Morgan fingerprint density at radius 1 is 1.14 bits per heavy atom. The van der Waals surface area contributed by atoms with Gasteiger partial charge in [-0.2, -0.15) is 0 Å². The van der Waals surface area contributed by atoms with Gasteiger partial charge in [-0.3, -0.25) is 0 Å². The molecule has 2 rings (SSSR count). The molecule has 5 heteroatoms. The summed E-state index contributed by atoms with van der Waals surface area (Å²) in [5.74, 6) is 0. The summed E-state index contributed by atoms with van der Waals surface area (Å²) in [5.41, 5.74) is -0.0433. The van der Waals surface area contributed by atoms with E-state index >= 15 is 0 Å². The van der Waals surface area contributed by atoms with Gasteiger partial charge in [-0.15, -0.1) is 0 Å². The Bertz CT molecular complexity index is 305. The second-order valence-corrected chi connectivity index (χ2v) is 4.50. The highest BCUT2D eigenvalue weighted by Crippen LogP contribution is 2.36. The average Bonchev–Trinajstić information content (AvgIpc) is 2.58. The van der Waals surface area contributed by atoms with Crippen LogP contribution in [0.25, 0.3) is 0 Å². The maximum Gasteiger partial charge on any atom is 0.535 e. The first-order chi connectivity index (χ1) is 6.42. The lowest BCUT2D eigenvalue weighted by molar-refractivity contribution is 0.00578. The van der Waals surface area contributed by atoms with Crippen molar-refractivity contribution in [3.05, 3.63) is 12.3 Å². The highest BCUT2D eigenvalue weighted by Gasteiger charge is 2.53. The van der Waals surface area contributed by atoms with Crippen molar-refractivity contribution in [2.75, 3.05) is 0 Å². The molecule has 1 aliphatic rings. The Hall–Kier alpha value is -0.805. The van der Waals surface area contributed by atoms with E-state index in [1.807, 2.05) is 27.7 Å². The summed E-state index contributed by atoms with van der Waals surface area (Å²) >= 11 is 0. The van der Waals surface area contributed by atoms with E-state index in [9.17, 15) is 0 Å². The molecule has 0 unspecified atom stereocenters. The molecule has 1 saturated heterocycles. The number of hydrogen-bond acceptors (Lipinski definition) is 4. The normalized spacial score (nSPS) is 24.1. The van der Waals surface area contributed by atoms with Gasteiger partial charge in [0.2, 0.25) is 0 Å². The summed E-state index contributed by atoms with van der Waals surface area (Å²) in [6.07, 6.45) is 1.58. The smallest absolute Gasteiger partial charge is 0.397 e. The molecule has 0 spiro atoms. The Kier molecular flexibility index (Phi) is 1.98. The quantitative estimate of drug-likeness (QED) is 0.626. The molecule has 1 aromatic rings. The van der Waals surface area contributed by atoms with E-state index in [-0.39, 0.29) is 11.2 Å². The zero-order chi connectivity index (χ0) is 10.4. The zero-order valence-corrected chi connectivity index (χ0v) is 8.90. The maximum absolute atomic E-state index is 5.75. The third-order valence-electron chi connectivity index (χ3n) is 2.94. The van der Waals surface area contributed by atoms with Crippen molar-refractivity contribution in [2.45, 2.75) is 38.9 Å². The zero-order valence-electron chi connectivity index (χ0n) is 8.90. The first-order valence-corrected chi connectivity index (χ1v) is 4.69. The summed E-state index contributed by atoms with van der Waals surface area (Å²) < 4.78 is 16.5. The molecule has 4 nitrogen and oxygen atoms in total. The number of rotatable bonds is 1. The fraction of sp³-hybridized carbons (Fsp3) is 0.667. The molecule has 1 fully saturated rings. The molecule has 0 N–H and O–H groups in total. The second kappa shape index (κ2) is 2.84. The molecule has 1 aromatic heterocycles. The summed E-state index contributed by atoms with van der Waals surface area (Å²) in [4.78, 5) is 0. The van der Waals surface area contributed by atoms with Crippen molar-refractivity contribution in [2.24, 2.45) is 0 Å². The minimum Gasteiger partial charge on any atom is -0.397 e. The molecule has 1 aliphatic heterocycles. The summed E-state index contributed by atoms with van der Waals surface area (Å²) in [7, 11) is -0.442. The summed E-state index contributed by atoms with van der Waals surface area (Å²) in [5, 5.41) is 3.63. The van der Waals surface area contributed by atoms with Crippen molar-refractivity contribution < 1.29 is 13.8 Å². The highest BCUT2D eigenvalue weighted by atomic mass is 16.7. The molecule has 0 amide bonds. The SMILES string of the molecule is CC1(C)OB(c2ccno2)OC1(C)C. The van der Waals surface area contributed by atoms with E-state index in [0.29, 0.717) is 5.66 Å². The molecule has 0 radical (unpaired) electrons. The summed E-state index contributed by atoms with van der Waals surface area (Å²) in [6.45, 7) is 8.01. The van der Waals surface area contributed by atoms with Crippen LogP contribution in [0.15, 0.2) is 16.8 Å². The molecule has 2 heterocycles. The van der Waals surface area contributed by atoms with Crippen molar-refractivity contribution in [3.63, 3.8) is 0 Å². The molecule has 0 aliphatic carbocycles. The number of aromatic nitrogens is 1. The fourth-order valence-electron chi connectivity index (χ4n) is 1.31. The molecule has 0 aromatic carbocycles. The predicted molar refractivity (Wildman–Crippen MR) is 52.2 cm³/mol. The third-order valence-corrected chi connectivity index (χ3v) is 2.94. The molecule has 0 atom stereocenters. The first kappa shape index (κ1) is 9.74. The van der Waals surface area contributed by atoms with Crippen LogP contribution in [0.4, 0.5) is 0 Å². The number of hydrogen-bond donors (Lipinski definition) is 0. The van der Waals surface area contributed by atoms with Gasteiger partial charge in [0.25, 0.3) is 0 Å². The Morgan fingerprint density at radius 3 is 2.14 bits per heavy atom. The van der Waals surface area contributed by atoms with E-state index in [1.54, 1.807) is 12.3 Å². The van der Waals surface area contributed by atoms with Crippen molar-refractivity contribution in [1.82, 2.24) is 5.16 Å². The van der Waals surface area contributed by atoms with Gasteiger partial charge in [-0.05, 0) is 33.8 Å². The standard InChI is InChI=1S/C9H14BNO3/c1-8(2)9(3,4)14-10(13-8)7-5-6-11-12-7/h5-6H,1-4H3. The van der Waals surface area contributed by atoms with Crippen LogP contribution in [0, 0.1) is 0 Å². The topological polar surface area (TPSA) is 44.5 Å². The van der Waals surface area contributed by atoms with E-state index in [1.165, 1.54) is 0 Å². The lowest BCUT2D eigenvalue weighted by atomic mass is 9.86. The van der Waals surface area contributed by atoms with Gasteiger partial charge in [-0.1, -0.05) is 5.16 Å². The molecule has 14 heavy (non-hydrogen) atoms. The Labute approximate surface area is 83.7 Å². The molecular formula is C9H14BNO3. The van der Waals surface area contributed by atoms with Gasteiger partial charge in [0, 0.05) is 0 Å². The van der Waals surface area contributed by atoms with E-state index in [4.69, 9.17) is 13.8 Å². The monoisotopic (exact) mass is 195 g/mol. The van der Waals surface area contributed by atoms with E-state index in [0.717, 1.165) is 0 Å². The first-order valence-electron chi connectivity index (χ1n) is 4.69. The van der Waals surface area contributed by atoms with Gasteiger partial charge in [0.1, 0.15) is 0 Å². The van der Waals surface area contributed by atoms with Crippen molar-refractivity contribution in [1.29, 1.82) is 0 Å². The van der Waals surface area contributed by atoms with Crippen LogP contribution in [-0.2, 0) is 9.31 Å². The van der Waals surface area contributed by atoms with Crippen molar-refractivity contribution >= 4 is 12.8 Å². The van der Waals surface area contributed by atoms with Crippen LogP contribution >= 0.6 is 0 Å². The molecule has 76 valence electrons. The van der Waals surface area contributed by atoms with Crippen LogP contribution in [0.3, 0.4) is 0 Å². The van der Waals surface area contributed by atoms with Gasteiger partial charge in [0.15, 0.2) is 5.66 Å². The van der Waals surface area contributed by atoms with Crippen LogP contribution in [0.1, 0.15) is 27.7 Å². The minimum atomic E-state index is -0.442. The average molecular weight is 195 g/mol. The van der Waals surface area contributed by atoms with Gasteiger partial charge < -0.3 is 13.8 Å². The minimum absolute atomic E-state index is 0.329. The van der Waals surface area contributed by atoms with Crippen LogP contribution in [-0.4, -0.2) is 23.5 Å². The van der Waals surface area contributed by atoms with Gasteiger partial charge in [-0.25, -0.2) is 0 Å². The van der Waals surface area contributed by atoms with Crippen LogP contribution in [0.5, 0.6) is 0 Å². The fourth-order valence-corrected chi connectivity index (χ4v) is 1.31. The molecule has 0 saturated carbocycles. The Morgan fingerprint density at radius 2 is 1.71 bits per heavy atom. The lowest BCUT2D eigenvalue weighted by Gasteiger charge is -2.32. The number of nitrogens with zero attached hydrogens (tertiary/aromatic N) is 1. The van der Waals surface area contributed by atoms with Crippen molar-refractivity contribution in [3.8, 4) is 0 Å². The second-order valence-electron chi connectivity index (χ2n) is 4.50. The van der Waals surface area contributed by atoms with Gasteiger partial charge in [0.05, 0.1) is 17.4 Å². The largest absolute Gasteiger partial charge is 0.535 e. The Balaban J connectivity index is 2.22. The van der Waals surface area contributed by atoms with E-state index in [2.05, 4.69) is 5.16 Å². The predicted octanol–water partition coefficient (Wildman–Crippen LogP) is 0.974. The highest BCUT2D eigenvalue weighted by molar-refractivity contribution is 6.60. The lowest BCUT2D eigenvalue weighted by Crippen LogP contribution is -2.41. The summed E-state index contributed by atoms with van der Waals surface area (Å²) in [6, 6.07) is 1.75. The third kappa shape index (κ3) is 1.37. The molecular weight excluding hydrogens is 181 g/mol.